The Kier molecular flexibility index (Phi) is 4.02. The first-order valence-electron chi connectivity index (χ1n) is 5.77. The van der Waals surface area contributed by atoms with Crippen molar-refractivity contribution in [2.24, 2.45) is 0 Å². The zero-order valence-corrected chi connectivity index (χ0v) is 10.9. The van der Waals surface area contributed by atoms with Crippen LogP contribution in [0.3, 0.4) is 0 Å². The number of aryl methyl sites for hydroxylation is 1. The van der Waals surface area contributed by atoms with E-state index in [1.807, 2.05) is 19.2 Å². The molecular formula is C12H17N3OS. The van der Waals surface area contributed by atoms with Gasteiger partial charge in [-0.1, -0.05) is 0 Å². The second-order valence-corrected chi connectivity index (χ2v) is 4.81. The smallest absolute Gasteiger partial charge is 0.199 e. The molecule has 0 bridgehead atoms. The number of hydrogen-bond donors (Lipinski definition) is 1. The molecule has 0 aromatic carbocycles. The minimum atomic E-state index is -0.0598. The Morgan fingerprint density at radius 2 is 2.06 bits per heavy atom. The summed E-state index contributed by atoms with van der Waals surface area (Å²) in [6.45, 7) is 6.11. The molecule has 2 heterocycles. The molecule has 0 unspecified atom stereocenters. The summed E-state index contributed by atoms with van der Waals surface area (Å²) >= 11 is 3.81. The summed E-state index contributed by atoms with van der Waals surface area (Å²) in [4.78, 5) is 19.6. The third kappa shape index (κ3) is 3.44. The molecule has 0 saturated carbocycles. The van der Waals surface area contributed by atoms with E-state index in [0.29, 0.717) is 6.54 Å². The van der Waals surface area contributed by atoms with Crippen molar-refractivity contribution in [2.75, 3.05) is 37.6 Å². The minimum Gasteiger partial charge on any atom is -0.368 e. The second kappa shape index (κ2) is 5.51. The van der Waals surface area contributed by atoms with Crippen molar-refractivity contribution in [1.82, 2.24) is 9.88 Å². The average molecular weight is 251 g/mol. The van der Waals surface area contributed by atoms with Crippen LogP contribution in [0.25, 0.3) is 0 Å². The SMILES string of the molecule is Cc1ccc(N2CCN(CC(=O)S)CC2)cn1. The zero-order valence-electron chi connectivity index (χ0n) is 9.96. The minimum absolute atomic E-state index is 0.0598. The highest BCUT2D eigenvalue weighted by atomic mass is 32.1. The Labute approximate surface area is 107 Å². The number of thiol groups is 1. The van der Waals surface area contributed by atoms with E-state index in [9.17, 15) is 4.79 Å². The molecule has 2 rings (SSSR count). The van der Waals surface area contributed by atoms with Gasteiger partial charge in [-0.25, -0.2) is 0 Å². The van der Waals surface area contributed by atoms with Crippen LogP contribution in [0, 0.1) is 6.92 Å². The van der Waals surface area contributed by atoms with E-state index in [4.69, 9.17) is 0 Å². The summed E-state index contributed by atoms with van der Waals surface area (Å²) in [7, 11) is 0. The van der Waals surface area contributed by atoms with Gasteiger partial charge in [-0.15, -0.1) is 12.6 Å². The molecule has 1 aliphatic rings. The van der Waals surface area contributed by atoms with Gasteiger partial charge >= 0.3 is 0 Å². The highest BCUT2D eigenvalue weighted by Gasteiger charge is 2.18. The Hall–Kier alpha value is -1.07. The predicted molar refractivity (Wildman–Crippen MR) is 71.6 cm³/mol. The monoisotopic (exact) mass is 251 g/mol. The van der Waals surface area contributed by atoms with Gasteiger partial charge in [-0.2, -0.15) is 0 Å². The first-order valence-corrected chi connectivity index (χ1v) is 6.21. The van der Waals surface area contributed by atoms with E-state index < -0.39 is 0 Å². The molecule has 0 N–H and O–H groups in total. The van der Waals surface area contributed by atoms with Crippen LogP contribution in [0.5, 0.6) is 0 Å². The zero-order chi connectivity index (χ0) is 12.3. The van der Waals surface area contributed by atoms with E-state index in [1.54, 1.807) is 0 Å². The number of pyridine rings is 1. The highest BCUT2D eigenvalue weighted by molar-refractivity contribution is 7.96. The molecule has 0 spiro atoms. The molecule has 92 valence electrons. The summed E-state index contributed by atoms with van der Waals surface area (Å²) in [5.41, 5.74) is 2.19. The fourth-order valence-corrected chi connectivity index (χ4v) is 2.20. The lowest BCUT2D eigenvalue weighted by atomic mass is 10.2. The van der Waals surface area contributed by atoms with Crippen molar-refractivity contribution in [3.63, 3.8) is 0 Å². The lowest BCUT2D eigenvalue weighted by Gasteiger charge is -2.35. The van der Waals surface area contributed by atoms with Gasteiger partial charge in [-0.05, 0) is 19.1 Å². The maximum absolute atomic E-state index is 10.9. The normalized spacial score (nSPS) is 17.2. The Morgan fingerprint density at radius 1 is 1.35 bits per heavy atom. The van der Waals surface area contributed by atoms with Gasteiger partial charge in [0.1, 0.15) is 0 Å². The van der Waals surface area contributed by atoms with Gasteiger partial charge in [0.2, 0.25) is 0 Å². The summed E-state index contributed by atoms with van der Waals surface area (Å²) in [5.74, 6) is 0. The molecular weight excluding hydrogens is 234 g/mol. The molecule has 0 aliphatic carbocycles. The van der Waals surface area contributed by atoms with Crippen LogP contribution >= 0.6 is 12.6 Å². The van der Waals surface area contributed by atoms with Gasteiger partial charge in [-0.3, -0.25) is 14.7 Å². The van der Waals surface area contributed by atoms with Crippen molar-refractivity contribution in [2.45, 2.75) is 6.92 Å². The fourth-order valence-electron chi connectivity index (χ4n) is 2.00. The highest BCUT2D eigenvalue weighted by Crippen LogP contribution is 2.15. The Bertz CT molecular complexity index is 385. The summed E-state index contributed by atoms with van der Waals surface area (Å²) in [6.07, 6.45) is 1.91. The first-order chi connectivity index (χ1) is 8.15. The molecule has 0 radical (unpaired) electrons. The van der Waals surface area contributed by atoms with Crippen LogP contribution in [0.2, 0.25) is 0 Å². The number of piperazine rings is 1. The van der Waals surface area contributed by atoms with Gasteiger partial charge < -0.3 is 4.90 Å². The van der Waals surface area contributed by atoms with E-state index in [-0.39, 0.29) is 5.12 Å². The molecule has 0 amide bonds. The third-order valence-electron chi connectivity index (χ3n) is 2.99. The molecule has 4 nitrogen and oxygen atoms in total. The number of hydrogen-bond acceptors (Lipinski definition) is 4. The van der Waals surface area contributed by atoms with Crippen LogP contribution in [0.15, 0.2) is 18.3 Å². The molecule has 1 aliphatic heterocycles. The maximum Gasteiger partial charge on any atom is 0.199 e. The lowest BCUT2D eigenvalue weighted by Crippen LogP contribution is -2.47. The Morgan fingerprint density at radius 3 is 2.59 bits per heavy atom. The number of rotatable bonds is 3. The van der Waals surface area contributed by atoms with E-state index >= 15 is 0 Å². The van der Waals surface area contributed by atoms with Crippen LogP contribution in [-0.2, 0) is 4.79 Å². The van der Waals surface area contributed by atoms with Gasteiger partial charge in [0.25, 0.3) is 0 Å². The van der Waals surface area contributed by atoms with Crippen molar-refractivity contribution in [3.8, 4) is 0 Å². The third-order valence-corrected chi connectivity index (χ3v) is 3.13. The molecule has 5 heteroatoms. The molecule has 1 saturated heterocycles. The number of nitrogens with zero attached hydrogens (tertiary/aromatic N) is 3. The van der Waals surface area contributed by atoms with E-state index in [1.165, 1.54) is 0 Å². The number of carbonyl (C=O) groups is 1. The largest absolute Gasteiger partial charge is 0.368 e. The number of anilines is 1. The quantitative estimate of drug-likeness (QED) is 0.812. The molecule has 1 aromatic heterocycles. The number of carbonyl (C=O) groups excluding carboxylic acids is 1. The summed E-state index contributed by atoms with van der Waals surface area (Å²) < 4.78 is 0. The predicted octanol–water partition coefficient (Wildman–Crippen LogP) is 0.968. The van der Waals surface area contributed by atoms with Crippen LogP contribution in [0.4, 0.5) is 5.69 Å². The van der Waals surface area contributed by atoms with Crippen molar-refractivity contribution >= 4 is 23.4 Å². The van der Waals surface area contributed by atoms with Crippen molar-refractivity contribution in [1.29, 1.82) is 0 Å². The molecule has 1 aromatic rings. The summed E-state index contributed by atoms with van der Waals surface area (Å²) in [6, 6.07) is 4.13. The first kappa shape index (κ1) is 12.4. The fraction of sp³-hybridized carbons (Fsp3) is 0.500. The topological polar surface area (TPSA) is 36.4 Å². The van der Waals surface area contributed by atoms with E-state index in [2.05, 4.69) is 33.5 Å². The average Bonchev–Trinajstić information content (AvgIpc) is 2.30. The Balaban J connectivity index is 1.90. The molecule has 0 atom stereocenters. The van der Waals surface area contributed by atoms with Crippen molar-refractivity contribution in [3.05, 3.63) is 24.0 Å². The van der Waals surface area contributed by atoms with Gasteiger partial charge in [0.15, 0.2) is 5.12 Å². The van der Waals surface area contributed by atoms with Gasteiger partial charge in [0, 0.05) is 31.9 Å². The second-order valence-electron chi connectivity index (χ2n) is 4.31. The number of aromatic nitrogens is 1. The lowest BCUT2D eigenvalue weighted by molar-refractivity contribution is -0.111. The maximum atomic E-state index is 10.9. The molecule has 17 heavy (non-hydrogen) atoms. The van der Waals surface area contributed by atoms with Gasteiger partial charge in [0.05, 0.1) is 18.4 Å². The van der Waals surface area contributed by atoms with Crippen LogP contribution < -0.4 is 4.90 Å². The molecule has 1 fully saturated rings. The van der Waals surface area contributed by atoms with E-state index in [0.717, 1.165) is 37.6 Å². The van der Waals surface area contributed by atoms with Crippen LogP contribution in [0.1, 0.15) is 5.69 Å². The van der Waals surface area contributed by atoms with Crippen LogP contribution in [-0.4, -0.2) is 47.7 Å². The van der Waals surface area contributed by atoms with Crippen molar-refractivity contribution < 1.29 is 4.79 Å². The summed E-state index contributed by atoms with van der Waals surface area (Å²) in [5, 5.41) is -0.0598. The standard InChI is InChI=1S/C12H17N3OS/c1-10-2-3-11(8-13-10)15-6-4-14(5-7-15)9-12(16)17/h2-3,8H,4-7,9H2,1H3,(H,16,17).